The second-order valence-electron chi connectivity index (χ2n) is 6.67. The molecule has 6 nitrogen and oxygen atoms in total. The summed E-state index contributed by atoms with van der Waals surface area (Å²) in [6, 6.07) is 13.4. The Kier molecular flexibility index (Phi) is 5.40. The number of nitrogens with zero attached hydrogens (tertiary/aromatic N) is 3. The number of carbonyl (C=O) groups excluding carboxylic acids is 1. The fraction of sp³-hybridized carbons (Fsp3) is 0.0952. The van der Waals surface area contributed by atoms with Crippen LogP contribution in [0.5, 0.6) is 0 Å². The van der Waals surface area contributed by atoms with Gasteiger partial charge in [0.15, 0.2) is 0 Å². The summed E-state index contributed by atoms with van der Waals surface area (Å²) in [5.41, 5.74) is 0.774. The molecule has 2 aromatic heterocycles. The second kappa shape index (κ2) is 8.03. The number of aryl methyl sites for hydroxylation is 1. The van der Waals surface area contributed by atoms with Crippen molar-refractivity contribution in [3.8, 4) is 0 Å². The number of aromatic nitrogens is 3. The van der Waals surface area contributed by atoms with Crippen molar-refractivity contribution in [1.29, 1.82) is 0 Å². The molecule has 31 heavy (non-hydrogen) atoms. The molecule has 0 unspecified atom stereocenters. The number of alkyl halides is 3. The van der Waals surface area contributed by atoms with Crippen LogP contribution in [0.3, 0.4) is 0 Å². The molecule has 2 aromatic carbocycles. The molecule has 0 aliphatic heterocycles. The topological polar surface area (TPSA) is 71.8 Å². The number of nitrogens with one attached hydrogen (secondary N) is 2. The summed E-state index contributed by atoms with van der Waals surface area (Å²) in [6.45, 7) is 0. The lowest BCUT2D eigenvalue weighted by Gasteiger charge is -2.13. The summed E-state index contributed by atoms with van der Waals surface area (Å²) in [6.07, 6.45) is -2.56. The number of anilines is 3. The third-order valence-corrected chi connectivity index (χ3v) is 5.16. The smallest absolute Gasteiger partial charge is 0.325 e. The molecule has 0 fully saturated rings. The van der Waals surface area contributed by atoms with Gasteiger partial charge >= 0.3 is 6.18 Å². The molecule has 4 rings (SSSR count). The van der Waals surface area contributed by atoms with Crippen LogP contribution in [0.1, 0.15) is 15.9 Å². The van der Waals surface area contributed by atoms with Crippen molar-refractivity contribution in [3.63, 3.8) is 0 Å². The van der Waals surface area contributed by atoms with Crippen LogP contribution < -0.4 is 10.6 Å². The van der Waals surface area contributed by atoms with Gasteiger partial charge in [0, 0.05) is 29.6 Å². The number of imidazole rings is 1. The summed E-state index contributed by atoms with van der Waals surface area (Å²) >= 11 is 3.34. The van der Waals surface area contributed by atoms with E-state index in [1.54, 1.807) is 54.1 Å². The monoisotopic (exact) mass is 489 g/mol. The largest absolute Gasteiger partial charge is 0.419 e. The summed E-state index contributed by atoms with van der Waals surface area (Å²) in [4.78, 5) is 20.8. The maximum absolute atomic E-state index is 13.3. The fourth-order valence-corrected chi connectivity index (χ4v) is 3.36. The van der Waals surface area contributed by atoms with Gasteiger partial charge in [0.1, 0.15) is 5.52 Å². The van der Waals surface area contributed by atoms with Crippen molar-refractivity contribution in [2.75, 3.05) is 10.6 Å². The van der Waals surface area contributed by atoms with Gasteiger partial charge in [-0.2, -0.15) is 13.2 Å². The second-order valence-corrected chi connectivity index (χ2v) is 7.59. The molecule has 4 aromatic rings. The molecule has 0 saturated carbocycles. The zero-order valence-corrected chi connectivity index (χ0v) is 17.6. The van der Waals surface area contributed by atoms with Crippen LogP contribution in [-0.4, -0.2) is 20.4 Å². The molecular formula is C21H15BrF3N5O. The number of benzene rings is 2. The first kappa shape index (κ1) is 20.9. The average Bonchev–Trinajstić information content (AvgIpc) is 3.05. The van der Waals surface area contributed by atoms with Crippen LogP contribution >= 0.6 is 15.9 Å². The van der Waals surface area contributed by atoms with E-state index in [4.69, 9.17) is 0 Å². The van der Waals surface area contributed by atoms with Gasteiger partial charge in [-0.3, -0.25) is 9.78 Å². The summed E-state index contributed by atoms with van der Waals surface area (Å²) < 4.78 is 42.4. The zero-order chi connectivity index (χ0) is 22.2. The highest BCUT2D eigenvalue weighted by Gasteiger charge is 2.34. The third kappa shape index (κ3) is 4.24. The van der Waals surface area contributed by atoms with Crippen molar-refractivity contribution in [1.82, 2.24) is 14.5 Å². The normalized spacial score (nSPS) is 11.5. The number of rotatable bonds is 4. The molecule has 2 heterocycles. The van der Waals surface area contributed by atoms with E-state index in [0.29, 0.717) is 22.3 Å². The fourth-order valence-electron chi connectivity index (χ4n) is 3.09. The standard InChI is InChI=1S/C21H15BrF3N5O/c1-30-17-4-2-3-14(19(31)27-13-7-5-12(22)6-8-13)18(17)29-20(30)28-16-9-10-26-11-15(16)21(23,24)25/h2-11H,1H3,(H,27,31)(H,26,28,29). The van der Waals surface area contributed by atoms with Gasteiger partial charge < -0.3 is 15.2 Å². The van der Waals surface area contributed by atoms with E-state index in [-0.39, 0.29) is 17.5 Å². The minimum Gasteiger partial charge on any atom is -0.325 e. The van der Waals surface area contributed by atoms with Crippen molar-refractivity contribution in [2.45, 2.75) is 6.18 Å². The molecule has 0 bridgehead atoms. The van der Waals surface area contributed by atoms with Gasteiger partial charge in [-0.15, -0.1) is 0 Å². The van der Waals surface area contributed by atoms with Crippen LogP contribution in [0.25, 0.3) is 11.0 Å². The molecule has 1 amide bonds. The van der Waals surface area contributed by atoms with E-state index in [2.05, 4.69) is 36.5 Å². The summed E-state index contributed by atoms with van der Waals surface area (Å²) in [7, 11) is 1.66. The van der Waals surface area contributed by atoms with E-state index in [1.807, 2.05) is 0 Å². The van der Waals surface area contributed by atoms with Gasteiger partial charge in [0.05, 0.1) is 22.3 Å². The lowest BCUT2D eigenvalue weighted by molar-refractivity contribution is -0.137. The number of fused-ring (bicyclic) bond motifs is 1. The first-order valence-corrected chi connectivity index (χ1v) is 9.84. The highest BCUT2D eigenvalue weighted by atomic mass is 79.9. The first-order valence-electron chi connectivity index (χ1n) is 9.04. The Hall–Kier alpha value is -3.40. The SMILES string of the molecule is Cn1c(Nc2ccncc2C(F)(F)F)nc2c(C(=O)Nc3ccc(Br)cc3)cccc21. The Bertz CT molecular complexity index is 1270. The lowest BCUT2D eigenvalue weighted by atomic mass is 10.1. The van der Waals surface area contributed by atoms with Crippen molar-refractivity contribution in [3.05, 3.63) is 76.5 Å². The number of hydrogen-bond acceptors (Lipinski definition) is 4. The maximum atomic E-state index is 13.3. The minimum atomic E-state index is -4.57. The zero-order valence-electron chi connectivity index (χ0n) is 16.0. The predicted octanol–water partition coefficient (Wildman–Crippen LogP) is 5.75. The Morgan fingerprint density at radius 2 is 1.84 bits per heavy atom. The van der Waals surface area contributed by atoms with Gasteiger partial charge in [-0.1, -0.05) is 22.0 Å². The van der Waals surface area contributed by atoms with Gasteiger partial charge in [-0.25, -0.2) is 4.98 Å². The molecule has 0 spiro atoms. The van der Waals surface area contributed by atoms with E-state index >= 15 is 0 Å². The van der Waals surface area contributed by atoms with Gasteiger partial charge in [0.2, 0.25) is 5.95 Å². The summed E-state index contributed by atoms with van der Waals surface area (Å²) in [5.74, 6) is -0.215. The lowest BCUT2D eigenvalue weighted by Crippen LogP contribution is -2.12. The summed E-state index contributed by atoms with van der Waals surface area (Å²) in [5, 5.41) is 5.51. The number of hydrogen-bond donors (Lipinski definition) is 2. The van der Waals surface area contributed by atoms with E-state index < -0.39 is 11.7 Å². The predicted molar refractivity (Wildman–Crippen MR) is 115 cm³/mol. The van der Waals surface area contributed by atoms with Gasteiger partial charge in [0.25, 0.3) is 5.91 Å². The highest BCUT2D eigenvalue weighted by molar-refractivity contribution is 9.10. The molecule has 10 heteroatoms. The third-order valence-electron chi connectivity index (χ3n) is 4.63. The van der Waals surface area contributed by atoms with Crippen LogP contribution in [0.2, 0.25) is 0 Å². The number of para-hydroxylation sites is 1. The molecule has 158 valence electrons. The Morgan fingerprint density at radius 1 is 1.10 bits per heavy atom. The minimum absolute atomic E-state index is 0.163. The van der Waals surface area contributed by atoms with E-state index in [0.717, 1.165) is 10.7 Å². The van der Waals surface area contributed by atoms with Crippen molar-refractivity contribution in [2.24, 2.45) is 7.05 Å². The average molecular weight is 490 g/mol. The number of pyridine rings is 1. The molecule has 2 N–H and O–H groups in total. The molecule has 0 aliphatic rings. The quantitative estimate of drug-likeness (QED) is 0.383. The van der Waals surface area contributed by atoms with Crippen molar-refractivity contribution >= 4 is 50.2 Å². The number of amides is 1. The maximum Gasteiger partial charge on any atom is 0.419 e. The van der Waals surface area contributed by atoms with Crippen LogP contribution in [0.4, 0.5) is 30.5 Å². The first-order chi connectivity index (χ1) is 14.7. The molecule has 0 aliphatic carbocycles. The van der Waals surface area contributed by atoms with Crippen LogP contribution in [-0.2, 0) is 13.2 Å². The molecule has 0 radical (unpaired) electrons. The Labute approximate surface area is 183 Å². The number of carbonyl (C=O) groups is 1. The van der Waals surface area contributed by atoms with E-state index in [9.17, 15) is 18.0 Å². The molecular weight excluding hydrogens is 475 g/mol. The Balaban J connectivity index is 1.70. The molecule has 0 atom stereocenters. The van der Waals surface area contributed by atoms with Crippen molar-refractivity contribution < 1.29 is 18.0 Å². The van der Waals surface area contributed by atoms with Gasteiger partial charge in [-0.05, 0) is 42.5 Å². The van der Waals surface area contributed by atoms with Crippen LogP contribution in [0.15, 0.2) is 65.4 Å². The molecule has 0 saturated heterocycles. The Morgan fingerprint density at radius 3 is 2.55 bits per heavy atom. The number of halogens is 4. The van der Waals surface area contributed by atoms with E-state index in [1.165, 1.54) is 12.3 Å². The highest BCUT2D eigenvalue weighted by Crippen LogP contribution is 2.35. The van der Waals surface area contributed by atoms with Crippen LogP contribution in [0, 0.1) is 0 Å².